The van der Waals surface area contributed by atoms with E-state index in [0.717, 1.165) is 29.4 Å². The van der Waals surface area contributed by atoms with Crippen LogP contribution in [0, 0.1) is 11.8 Å². The Morgan fingerprint density at radius 2 is 2.00 bits per heavy atom. The fraction of sp³-hybridized carbons (Fsp3) is 0.448. The lowest BCUT2D eigenvalue weighted by Crippen LogP contribution is -2.44. The first-order valence-electron chi connectivity index (χ1n) is 12.7. The molecule has 1 aliphatic rings. The monoisotopic (exact) mass is 494 g/mol. The number of fused-ring (bicyclic) bond motifs is 1. The molecule has 0 radical (unpaired) electrons. The predicted octanol–water partition coefficient (Wildman–Crippen LogP) is 5.57. The number of ether oxygens (including phenoxy) is 1. The largest absolute Gasteiger partial charge is 0.497 e. The zero-order valence-electron chi connectivity index (χ0n) is 20.7. The Kier molecular flexibility index (Phi) is 8.88. The molecule has 0 saturated carbocycles. The SMILES string of the molecule is COc1ccc2nccc([C@H](O)CC[C@@H]3CCN(CCC[C@H](F)c4ccccc4)C[C@@H]3C(=O)O)c2c1. The molecule has 1 fully saturated rings. The summed E-state index contributed by atoms with van der Waals surface area (Å²) in [5.41, 5.74) is 2.26. The molecular weight excluding hydrogens is 459 g/mol. The van der Waals surface area contributed by atoms with E-state index in [1.54, 1.807) is 25.4 Å². The van der Waals surface area contributed by atoms with E-state index in [-0.39, 0.29) is 5.92 Å². The Balaban J connectivity index is 1.31. The Morgan fingerprint density at radius 1 is 1.19 bits per heavy atom. The zero-order chi connectivity index (χ0) is 25.5. The van der Waals surface area contributed by atoms with Crippen molar-refractivity contribution < 1.29 is 24.1 Å². The fourth-order valence-electron chi connectivity index (χ4n) is 5.31. The summed E-state index contributed by atoms with van der Waals surface area (Å²) >= 11 is 0. The normalized spacial score (nSPS) is 20.2. The van der Waals surface area contributed by atoms with Crippen molar-refractivity contribution in [1.29, 1.82) is 0 Å². The van der Waals surface area contributed by atoms with Gasteiger partial charge < -0.3 is 19.8 Å². The van der Waals surface area contributed by atoms with Gasteiger partial charge in [0.25, 0.3) is 0 Å². The molecule has 2 heterocycles. The van der Waals surface area contributed by atoms with Gasteiger partial charge in [-0.1, -0.05) is 30.3 Å². The number of methoxy groups -OCH3 is 1. The van der Waals surface area contributed by atoms with Crippen molar-refractivity contribution in [3.63, 3.8) is 0 Å². The van der Waals surface area contributed by atoms with Crippen LogP contribution in [0.5, 0.6) is 5.75 Å². The molecule has 0 bridgehead atoms. The number of rotatable bonds is 11. The van der Waals surface area contributed by atoms with Gasteiger partial charge in [-0.05, 0) is 86.5 Å². The predicted molar refractivity (Wildman–Crippen MR) is 138 cm³/mol. The average molecular weight is 495 g/mol. The van der Waals surface area contributed by atoms with Crippen molar-refractivity contribution >= 4 is 16.9 Å². The van der Waals surface area contributed by atoms with Gasteiger partial charge in [-0.15, -0.1) is 0 Å². The summed E-state index contributed by atoms with van der Waals surface area (Å²) in [6.45, 7) is 1.95. The number of benzene rings is 2. The maximum Gasteiger partial charge on any atom is 0.308 e. The molecule has 0 amide bonds. The Morgan fingerprint density at radius 3 is 2.75 bits per heavy atom. The number of aromatic nitrogens is 1. The number of likely N-dealkylation sites (tertiary alicyclic amines) is 1. The van der Waals surface area contributed by atoms with E-state index in [9.17, 15) is 19.4 Å². The Hall–Kier alpha value is -3.03. The van der Waals surface area contributed by atoms with Gasteiger partial charge in [0.15, 0.2) is 0 Å². The highest BCUT2D eigenvalue weighted by molar-refractivity contribution is 5.83. The van der Waals surface area contributed by atoms with Crippen molar-refractivity contribution in [2.45, 2.75) is 44.4 Å². The lowest BCUT2D eigenvalue weighted by Gasteiger charge is -2.37. The molecule has 36 heavy (non-hydrogen) atoms. The quantitative estimate of drug-likeness (QED) is 0.363. The van der Waals surface area contributed by atoms with Gasteiger partial charge in [-0.25, -0.2) is 4.39 Å². The smallest absolute Gasteiger partial charge is 0.308 e. The van der Waals surface area contributed by atoms with E-state index in [0.29, 0.717) is 50.1 Å². The molecule has 7 heteroatoms. The van der Waals surface area contributed by atoms with Gasteiger partial charge >= 0.3 is 5.97 Å². The Labute approximate surface area is 211 Å². The minimum atomic E-state index is -0.996. The first-order valence-corrected chi connectivity index (χ1v) is 12.7. The standard InChI is InChI=1S/C29H35FN2O4/c1-36-22-10-11-27-24(18-22)23(13-15-31-27)28(33)12-9-20-14-17-32(19-25(20)29(34)35)16-5-8-26(30)21-6-3-2-4-7-21/h2-4,6-7,10-11,13,15,18,20,25-26,28,33H,5,8-9,12,14,16-17,19H2,1H3,(H,34,35)/t20-,25+,26+,28-/m1/s1. The molecule has 2 N–H and O–H groups in total. The van der Waals surface area contributed by atoms with Crippen LogP contribution in [0.15, 0.2) is 60.8 Å². The minimum Gasteiger partial charge on any atom is -0.497 e. The zero-order valence-corrected chi connectivity index (χ0v) is 20.7. The van der Waals surface area contributed by atoms with Crippen LogP contribution in [-0.4, -0.2) is 52.8 Å². The molecule has 1 aliphatic heterocycles. The lowest BCUT2D eigenvalue weighted by atomic mass is 9.81. The minimum absolute atomic E-state index is 0.00530. The summed E-state index contributed by atoms with van der Waals surface area (Å²) in [6, 6.07) is 16.6. The van der Waals surface area contributed by atoms with Crippen LogP contribution in [0.4, 0.5) is 4.39 Å². The molecule has 6 nitrogen and oxygen atoms in total. The van der Waals surface area contributed by atoms with E-state index in [1.165, 1.54) is 0 Å². The van der Waals surface area contributed by atoms with E-state index >= 15 is 0 Å². The summed E-state index contributed by atoms with van der Waals surface area (Å²) in [4.78, 5) is 18.6. The highest BCUT2D eigenvalue weighted by Crippen LogP contribution is 2.34. The molecule has 4 atom stereocenters. The van der Waals surface area contributed by atoms with Crippen LogP contribution in [0.1, 0.15) is 55.5 Å². The third-order valence-electron chi connectivity index (χ3n) is 7.40. The van der Waals surface area contributed by atoms with E-state index in [4.69, 9.17) is 4.74 Å². The molecule has 2 aromatic carbocycles. The fourth-order valence-corrected chi connectivity index (χ4v) is 5.31. The second-order valence-electron chi connectivity index (χ2n) is 9.69. The molecule has 0 spiro atoms. The van der Waals surface area contributed by atoms with E-state index in [2.05, 4.69) is 9.88 Å². The van der Waals surface area contributed by atoms with Crippen molar-refractivity contribution in [3.8, 4) is 5.75 Å². The number of alkyl halides is 1. The molecule has 4 rings (SSSR count). The lowest BCUT2D eigenvalue weighted by molar-refractivity contribution is -0.146. The van der Waals surface area contributed by atoms with Gasteiger partial charge in [0.1, 0.15) is 11.9 Å². The highest BCUT2D eigenvalue weighted by Gasteiger charge is 2.34. The van der Waals surface area contributed by atoms with Gasteiger partial charge in [-0.3, -0.25) is 9.78 Å². The number of nitrogens with zero attached hydrogens (tertiary/aromatic N) is 2. The molecule has 0 unspecified atom stereocenters. The number of hydrogen-bond acceptors (Lipinski definition) is 5. The second kappa shape index (κ2) is 12.3. The summed E-state index contributed by atoms with van der Waals surface area (Å²) in [7, 11) is 1.60. The number of hydrogen-bond donors (Lipinski definition) is 2. The van der Waals surface area contributed by atoms with Crippen LogP contribution in [-0.2, 0) is 4.79 Å². The third kappa shape index (κ3) is 6.39. The van der Waals surface area contributed by atoms with Crippen LogP contribution < -0.4 is 4.74 Å². The molecule has 192 valence electrons. The second-order valence-corrected chi connectivity index (χ2v) is 9.69. The van der Waals surface area contributed by atoms with Gasteiger partial charge in [0.2, 0.25) is 0 Å². The number of pyridine rings is 1. The van der Waals surface area contributed by atoms with Crippen LogP contribution >= 0.6 is 0 Å². The molecule has 0 aliphatic carbocycles. The number of halogens is 1. The molecule has 1 saturated heterocycles. The topological polar surface area (TPSA) is 82.9 Å². The number of carbonyl (C=O) groups is 1. The number of aliphatic hydroxyl groups excluding tert-OH is 1. The number of carboxylic acids is 1. The van der Waals surface area contributed by atoms with Crippen LogP contribution in [0.25, 0.3) is 10.9 Å². The number of carboxylic acid groups (broad SMARTS) is 1. The summed E-state index contributed by atoms with van der Waals surface area (Å²) in [5.74, 6) is -0.596. The van der Waals surface area contributed by atoms with E-state index in [1.807, 2.05) is 42.5 Å². The first-order chi connectivity index (χ1) is 17.5. The number of aliphatic hydroxyl groups is 1. The van der Waals surface area contributed by atoms with Crippen molar-refractivity contribution in [2.75, 3.05) is 26.7 Å². The molecular formula is C29H35FN2O4. The number of aliphatic carboxylic acids is 1. The van der Waals surface area contributed by atoms with E-state index < -0.39 is 24.2 Å². The number of piperidine rings is 1. The maximum atomic E-state index is 14.5. The van der Waals surface area contributed by atoms with Gasteiger partial charge in [-0.2, -0.15) is 0 Å². The van der Waals surface area contributed by atoms with Crippen molar-refractivity contribution in [2.24, 2.45) is 11.8 Å². The van der Waals surface area contributed by atoms with Crippen molar-refractivity contribution in [3.05, 3.63) is 71.9 Å². The van der Waals surface area contributed by atoms with Crippen molar-refractivity contribution in [1.82, 2.24) is 9.88 Å². The molecule has 1 aromatic heterocycles. The Bertz CT molecular complexity index is 1140. The molecule has 3 aromatic rings. The summed E-state index contributed by atoms with van der Waals surface area (Å²) < 4.78 is 19.8. The highest BCUT2D eigenvalue weighted by atomic mass is 19.1. The van der Waals surface area contributed by atoms with Crippen LogP contribution in [0.3, 0.4) is 0 Å². The maximum absolute atomic E-state index is 14.5. The third-order valence-corrected chi connectivity index (χ3v) is 7.40. The van der Waals surface area contributed by atoms with Gasteiger partial charge in [0.05, 0.1) is 24.6 Å². The van der Waals surface area contributed by atoms with Crippen LogP contribution in [0.2, 0.25) is 0 Å². The first kappa shape index (κ1) is 26.0. The average Bonchev–Trinajstić information content (AvgIpc) is 2.91. The summed E-state index contributed by atoms with van der Waals surface area (Å²) in [6.07, 6.45) is 2.95. The van der Waals surface area contributed by atoms with Gasteiger partial charge in [0, 0.05) is 18.1 Å². The summed E-state index contributed by atoms with van der Waals surface area (Å²) in [5, 5.41) is 21.7.